The van der Waals surface area contributed by atoms with Gasteiger partial charge in [0, 0.05) is 10.9 Å². The van der Waals surface area contributed by atoms with E-state index >= 15 is 0 Å². The number of hydrogen-bond acceptors (Lipinski definition) is 4. The third-order valence-corrected chi connectivity index (χ3v) is 5.37. The van der Waals surface area contributed by atoms with Crippen LogP contribution < -0.4 is 0 Å². The van der Waals surface area contributed by atoms with Crippen LogP contribution in [0.3, 0.4) is 0 Å². The minimum absolute atomic E-state index is 0.129. The van der Waals surface area contributed by atoms with Crippen molar-refractivity contribution in [3.8, 4) is 0 Å². The smallest absolute Gasteiger partial charge is 0.309 e. The lowest BCUT2D eigenvalue weighted by Crippen LogP contribution is -2.00. The van der Waals surface area contributed by atoms with Crippen LogP contribution in [0, 0.1) is 6.92 Å². The largest absolute Gasteiger partial charge is 0.335 e. The Morgan fingerprint density at radius 2 is 1.86 bits per heavy atom. The van der Waals surface area contributed by atoms with Crippen LogP contribution in [-0.4, -0.2) is 18.2 Å². The molecule has 1 heterocycles. The maximum atomic E-state index is 12.6. The van der Waals surface area contributed by atoms with Gasteiger partial charge >= 0.3 is 7.60 Å². The molecule has 0 fully saturated rings. The molecule has 0 unspecified atom stereocenters. The first-order valence-corrected chi connectivity index (χ1v) is 9.02. The summed E-state index contributed by atoms with van der Waals surface area (Å²) in [6.07, 6.45) is 0.129. The van der Waals surface area contributed by atoms with Gasteiger partial charge in [-0.1, -0.05) is 23.7 Å². The van der Waals surface area contributed by atoms with Crippen molar-refractivity contribution in [3.63, 3.8) is 0 Å². The summed E-state index contributed by atoms with van der Waals surface area (Å²) >= 11 is 6.22. The number of rotatable bonds is 6. The lowest BCUT2D eigenvalue weighted by molar-refractivity contribution is 0.219. The van der Waals surface area contributed by atoms with Crippen LogP contribution in [0.1, 0.15) is 25.0 Å². The topological polar surface area (TPSA) is 48.4 Å². The summed E-state index contributed by atoms with van der Waals surface area (Å²) in [4.78, 5) is 4.37. The first kappa shape index (κ1) is 16.4. The molecule has 1 aromatic heterocycles. The van der Waals surface area contributed by atoms with Crippen molar-refractivity contribution in [2.45, 2.75) is 26.9 Å². The molecule has 0 saturated carbocycles. The molecule has 0 aliphatic rings. The van der Waals surface area contributed by atoms with Gasteiger partial charge < -0.3 is 9.05 Å². The van der Waals surface area contributed by atoms with E-state index in [2.05, 4.69) is 4.98 Å². The zero-order chi connectivity index (χ0) is 15.5. The molecule has 0 atom stereocenters. The van der Waals surface area contributed by atoms with Gasteiger partial charge in [-0.15, -0.1) is 0 Å². The fraction of sp³-hybridized carbons (Fsp3) is 0.400. The first-order valence-electron chi connectivity index (χ1n) is 6.91. The molecule has 2 aromatic rings. The van der Waals surface area contributed by atoms with Crippen LogP contribution in [-0.2, 0) is 19.8 Å². The van der Waals surface area contributed by atoms with Crippen LogP contribution in [0.4, 0.5) is 0 Å². The SMILES string of the molecule is CCOP(=O)(Cc1cc2ccc(C)cc2nc1Cl)OCC. The molecule has 4 nitrogen and oxygen atoms in total. The maximum Gasteiger partial charge on any atom is 0.335 e. The van der Waals surface area contributed by atoms with E-state index in [0.29, 0.717) is 23.9 Å². The van der Waals surface area contributed by atoms with E-state index in [4.69, 9.17) is 20.6 Å². The van der Waals surface area contributed by atoms with E-state index in [1.807, 2.05) is 31.2 Å². The molecule has 0 saturated heterocycles. The third kappa shape index (κ3) is 4.04. The molecule has 6 heteroatoms. The molecule has 114 valence electrons. The van der Waals surface area contributed by atoms with Gasteiger partial charge in [0.25, 0.3) is 0 Å². The average Bonchev–Trinajstić information content (AvgIpc) is 2.40. The summed E-state index contributed by atoms with van der Waals surface area (Å²) in [5, 5.41) is 1.30. The van der Waals surface area contributed by atoms with Crippen LogP contribution in [0.15, 0.2) is 24.3 Å². The Kier molecular flexibility index (Phi) is 5.39. The predicted octanol–water partition coefficient (Wildman–Crippen LogP) is 4.96. The van der Waals surface area contributed by atoms with Crippen LogP contribution in [0.2, 0.25) is 5.15 Å². The standard InChI is InChI=1S/C15H19ClNO3P/c1-4-19-21(18,20-5-2)10-13-9-12-7-6-11(3)8-14(12)17-15(13)16/h6-9H,4-5,10H2,1-3H3. The van der Waals surface area contributed by atoms with Gasteiger partial charge in [-0.3, -0.25) is 4.57 Å². The molecule has 0 spiro atoms. The zero-order valence-electron chi connectivity index (χ0n) is 12.4. The lowest BCUT2D eigenvalue weighted by atomic mass is 10.1. The number of aryl methyl sites for hydroxylation is 1. The Morgan fingerprint density at radius 1 is 1.19 bits per heavy atom. The lowest BCUT2D eigenvalue weighted by Gasteiger charge is -2.17. The fourth-order valence-electron chi connectivity index (χ4n) is 2.14. The van der Waals surface area contributed by atoms with Crippen molar-refractivity contribution in [1.29, 1.82) is 0 Å². The van der Waals surface area contributed by atoms with Gasteiger partial charge in [-0.05, 0) is 38.5 Å². The van der Waals surface area contributed by atoms with E-state index in [1.54, 1.807) is 13.8 Å². The Labute approximate surface area is 130 Å². The second-order valence-corrected chi connectivity index (χ2v) is 7.15. The molecular formula is C15H19ClNO3P. The van der Waals surface area contributed by atoms with Crippen molar-refractivity contribution >= 4 is 30.1 Å². The minimum Gasteiger partial charge on any atom is -0.309 e. The Hall–Kier alpha value is -0.930. The van der Waals surface area contributed by atoms with Gasteiger partial charge in [-0.25, -0.2) is 4.98 Å². The number of benzene rings is 1. The highest BCUT2D eigenvalue weighted by molar-refractivity contribution is 7.53. The highest BCUT2D eigenvalue weighted by Gasteiger charge is 2.25. The second-order valence-electron chi connectivity index (χ2n) is 4.74. The summed E-state index contributed by atoms with van der Waals surface area (Å²) in [5.74, 6) is 0. The van der Waals surface area contributed by atoms with Crippen molar-refractivity contribution in [3.05, 3.63) is 40.5 Å². The van der Waals surface area contributed by atoms with Crippen molar-refractivity contribution in [1.82, 2.24) is 4.98 Å². The fourth-order valence-corrected chi connectivity index (χ4v) is 4.15. The van der Waals surface area contributed by atoms with E-state index in [9.17, 15) is 4.57 Å². The minimum atomic E-state index is -3.18. The number of nitrogens with zero attached hydrogens (tertiary/aromatic N) is 1. The third-order valence-electron chi connectivity index (χ3n) is 3.01. The number of halogens is 1. The maximum absolute atomic E-state index is 12.6. The van der Waals surface area contributed by atoms with E-state index < -0.39 is 7.60 Å². The Bertz CT molecular complexity index is 680. The van der Waals surface area contributed by atoms with Gasteiger partial charge in [0.2, 0.25) is 0 Å². The van der Waals surface area contributed by atoms with Crippen molar-refractivity contribution < 1.29 is 13.6 Å². The monoisotopic (exact) mass is 327 g/mol. The van der Waals surface area contributed by atoms with Crippen molar-refractivity contribution in [2.75, 3.05) is 13.2 Å². The normalized spacial score (nSPS) is 12.0. The first-order chi connectivity index (χ1) is 9.97. The summed E-state index contributed by atoms with van der Waals surface area (Å²) in [5.41, 5.74) is 2.62. The number of pyridine rings is 1. The Morgan fingerprint density at radius 3 is 2.48 bits per heavy atom. The van der Waals surface area contributed by atoms with Gasteiger partial charge in [0.15, 0.2) is 0 Å². The number of aromatic nitrogens is 1. The average molecular weight is 328 g/mol. The van der Waals surface area contributed by atoms with Gasteiger partial charge in [0.05, 0.1) is 24.9 Å². The second kappa shape index (κ2) is 6.89. The van der Waals surface area contributed by atoms with E-state index in [-0.39, 0.29) is 6.16 Å². The van der Waals surface area contributed by atoms with Crippen LogP contribution >= 0.6 is 19.2 Å². The summed E-state index contributed by atoms with van der Waals surface area (Å²) in [6, 6.07) is 7.85. The van der Waals surface area contributed by atoms with Crippen LogP contribution in [0.25, 0.3) is 10.9 Å². The van der Waals surface area contributed by atoms with E-state index in [1.165, 1.54) is 0 Å². The van der Waals surface area contributed by atoms with Crippen molar-refractivity contribution in [2.24, 2.45) is 0 Å². The molecule has 0 N–H and O–H groups in total. The highest BCUT2D eigenvalue weighted by atomic mass is 35.5. The number of fused-ring (bicyclic) bond motifs is 1. The van der Waals surface area contributed by atoms with Gasteiger partial charge in [0.1, 0.15) is 5.15 Å². The van der Waals surface area contributed by atoms with Crippen LogP contribution in [0.5, 0.6) is 0 Å². The van der Waals surface area contributed by atoms with Gasteiger partial charge in [-0.2, -0.15) is 0 Å². The molecule has 21 heavy (non-hydrogen) atoms. The zero-order valence-corrected chi connectivity index (χ0v) is 14.1. The highest BCUT2D eigenvalue weighted by Crippen LogP contribution is 2.52. The summed E-state index contributed by atoms with van der Waals surface area (Å²) < 4.78 is 23.2. The van der Waals surface area contributed by atoms with E-state index in [0.717, 1.165) is 16.5 Å². The number of hydrogen-bond donors (Lipinski definition) is 0. The molecule has 0 radical (unpaired) electrons. The molecule has 0 aliphatic carbocycles. The Balaban J connectivity index is 2.39. The molecule has 0 aliphatic heterocycles. The molecular weight excluding hydrogens is 309 g/mol. The molecule has 0 amide bonds. The molecule has 0 bridgehead atoms. The molecule has 1 aromatic carbocycles. The summed E-state index contributed by atoms with van der Waals surface area (Å²) in [7, 11) is -3.18. The summed E-state index contributed by atoms with van der Waals surface area (Å²) in [6.45, 7) is 6.23. The molecule has 2 rings (SSSR count). The predicted molar refractivity (Wildman–Crippen MR) is 86.1 cm³/mol. The quantitative estimate of drug-likeness (QED) is 0.555.